The average Bonchev–Trinajstić information content (AvgIpc) is 3.21. The summed E-state index contributed by atoms with van der Waals surface area (Å²) >= 11 is 0. The number of esters is 2. The molecule has 0 aromatic heterocycles. The zero-order valence-corrected chi connectivity index (χ0v) is 39.9. The van der Waals surface area contributed by atoms with Crippen molar-refractivity contribution in [1.29, 1.82) is 0 Å². The quantitative estimate of drug-likeness (QED) is 0.0198. The van der Waals surface area contributed by atoms with E-state index in [1.165, 1.54) is 141 Å². The Morgan fingerprint density at radius 2 is 0.883 bits per heavy atom. The summed E-state index contributed by atoms with van der Waals surface area (Å²) < 4.78 is 17.2. The minimum Gasteiger partial charge on any atom is -0.544 e. The van der Waals surface area contributed by atoms with Crippen molar-refractivity contribution >= 4 is 17.9 Å². The van der Waals surface area contributed by atoms with Gasteiger partial charge in [-0.2, -0.15) is 0 Å². The molecule has 0 aliphatic rings. The van der Waals surface area contributed by atoms with Crippen molar-refractivity contribution in [2.45, 2.75) is 238 Å². The van der Waals surface area contributed by atoms with Crippen LogP contribution in [0.5, 0.6) is 0 Å². The van der Waals surface area contributed by atoms with Gasteiger partial charge in [0.15, 0.2) is 6.10 Å². The molecule has 60 heavy (non-hydrogen) atoms. The molecule has 0 amide bonds. The van der Waals surface area contributed by atoms with Crippen LogP contribution in [0.1, 0.15) is 226 Å². The Hall–Kier alpha value is -2.45. The van der Waals surface area contributed by atoms with Crippen LogP contribution >= 0.6 is 0 Å². The Bertz CT molecular complexity index is 1080. The van der Waals surface area contributed by atoms with Gasteiger partial charge >= 0.3 is 11.9 Å². The lowest BCUT2D eigenvalue weighted by Gasteiger charge is -2.34. The number of carboxylic acids is 1. The summed E-state index contributed by atoms with van der Waals surface area (Å²) in [4.78, 5) is 37.0. The molecule has 2 atom stereocenters. The summed E-state index contributed by atoms with van der Waals surface area (Å²) in [6.45, 7) is 4.65. The lowest BCUT2D eigenvalue weighted by atomic mass is 10.1. The number of unbranched alkanes of at least 4 members (excludes halogenated alkanes) is 26. The van der Waals surface area contributed by atoms with Gasteiger partial charge in [0.25, 0.3) is 0 Å². The highest BCUT2D eigenvalue weighted by Crippen LogP contribution is 2.15. The zero-order chi connectivity index (χ0) is 44.2. The first-order valence-electron chi connectivity index (χ1n) is 25.0. The van der Waals surface area contributed by atoms with Crippen LogP contribution < -0.4 is 5.11 Å². The molecule has 0 fully saturated rings. The molecular weight excluding hydrogens is 751 g/mol. The van der Waals surface area contributed by atoms with Crippen LogP contribution in [0.15, 0.2) is 36.5 Å². The van der Waals surface area contributed by atoms with Crippen molar-refractivity contribution in [3.8, 4) is 0 Å². The third kappa shape index (κ3) is 40.9. The zero-order valence-electron chi connectivity index (χ0n) is 39.9. The van der Waals surface area contributed by atoms with Crippen LogP contribution in [0.2, 0.25) is 0 Å². The second-order valence-electron chi connectivity index (χ2n) is 18.1. The van der Waals surface area contributed by atoms with E-state index in [1.54, 1.807) is 21.1 Å². The molecule has 0 N–H and O–H groups in total. The molecule has 0 heterocycles. The third-order valence-electron chi connectivity index (χ3n) is 11.3. The number of ether oxygens (including phenoxy) is 3. The molecule has 0 saturated heterocycles. The highest BCUT2D eigenvalue weighted by atomic mass is 16.6. The maximum atomic E-state index is 12.8. The lowest BCUT2D eigenvalue weighted by Crippen LogP contribution is -2.55. The summed E-state index contributed by atoms with van der Waals surface area (Å²) in [5.41, 5.74) is 0. The standard InChI is InChI=1S/C52H95NO7/c1-6-8-10-12-14-16-18-20-22-24-25-26-27-29-31-33-35-37-39-41-43-51(55)60-48(46-58-45-44-49(52(56)57)53(3,4)5)47-59-50(54)42-40-38-36-34-32-30-28-23-21-19-17-15-13-11-9-7-2/h23,25-26,28,30,32,48-49H,6-22,24,27,29,31,33-47H2,1-5H3/b26-25+,28-23+,32-30+. The molecule has 0 rings (SSSR count). The van der Waals surface area contributed by atoms with E-state index in [4.69, 9.17) is 14.2 Å². The van der Waals surface area contributed by atoms with Crippen molar-refractivity contribution in [2.24, 2.45) is 0 Å². The monoisotopic (exact) mass is 846 g/mol. The van der Waals surface area contributed by atoms with Crippen molar-refractivity contribution in [3.05, 3.63) is 36.5 Å². The number of carbonyl (C=O) groups is 3. The summed E-state index contributed by atoms with van der Waals surface area (Å²) in [7, 11) is 5.41. The number of carbonyl (C=O) groups excluding carboxylic acids is 3. The molecule has 0 saturated carbocycles. The Morgan fingerprint density at radius 1 is 0.500 bits per heavy atom. The lowest BCUT2D eigenvalue weighted by molar-refractivity contribution is -0.889. The second-order valence-corrected chi connectivity index (χ2v) is 18.1. The molecule has 0 aliphatic carbocycles. The van der Waals surface area contributed by atoms with Crippen LogP contribution in [0, 0.1) is 0 Å². The van der Waals surface area contributed by atoms with E-state index in [2.05, 4.69) is 50.3 Å². The van der Waals surface area contributed by atoms with Gasteiger partial charge in [-0.3, -0.25) is 9.59 Å². The van der Waals surface area contributed by atoms with Gasteiger partial charge in [0, 0.05) is 19.3 Å². The van der Waals surface area contributed by atoms with E-state index in [-0.39, 0.29) is 42.7 Å². The molecule has 0 radical (unpaired) electrons. The van der Waals surface area contributed by atoms with E-state index in [0.717, 1.165) is 51.4 Å². The molecule has 0 bridgehead atoms. The van der Waals surface area contributed by atoms with Gasteiger partial charge in [0.2, 0.25) is 0 Å². The van der Waals surface area contributed by atoms with Gasteiger partial charge < -0.3 is 28.6 Å². The van der Waals surface area contributed by atoms with Gasteiger partial charge in [-0.1, -0.05) is 179 Å². The number of quaternary nitrogens is 1. The fraction of sp³-hybridized carbons (Fsp3) is 0.827. The molecule has 0 spiro atoms. The van der Waals surface area contributed by atoms with Gasteiger partial charge in [0.1, 0.15) is 12.6 Å². The highest BCUT2D eigenvalue weighted by molar-refractivity contribution is 5.70. The summed E-state index contributed by atoms with van der Waals surface area (Å²) in [5.74, 6) is -1.77. The normalized spacial score (nSPS) is 13.2. The molecule has 2 unspecified atom stereocenters. The third-order valence-corrected chi connectivity index (χ3v) is 11.3. The molecule has 8 heteroatoms. The Morgan fingerprint density at radius 3 is 1.32 bits per heavy atom. The van der Waals surface area contributed by atoms with Crippen molar-refractivity contribution in [3.63, 3.8) is 0 Å². The number of hydrogen-bond acceptors (Lipinski definition) is 7. The first-order chi connectivity index (χ1) is 29.1. The summed E-state index contributed by atoms with van der Waals surface area (Å²) in [6.07, 6.45) is 50.3. The van der Waals surface area contributed by atoms with Crippen molar-refractivity contribution in [2.75, 3.05) is 41.0 Å². The van der Waals surface area contributed by atoms with E-state index in [1.807, 2.05) is 0 Å². The number of nitrogens with zero attached hydrogens (tertiary/aromatic N) is 1. The number of carboxylic acid groups (broad SMARTS) is 1. The fourth-order valence-electron chi connectivity index (χ4n) is 7.35. The number of aliphatic carboxylic acids is 1. The molecule has 350 valence electrons. The number of rotatable bonds is 45. The van der Waals surface area contributed by atoms with E-state index in [0.29, 0.717) is 12.8 Å². The number of hydrogen-bond donors (Lipinski definition) is 0. The Kier molecular flexibility index (Phi) is 41.4. The SMILES string of the molecule is CCCCCCCCC/C=C/C=C/CCCCCC(=O)OCC(COCCC(C(=O)[O-])[N+](C)(C)C)OC(=O)CCCCCCCCC/C=C/CCCCCCCCCCC. The molecule has 0 aliphatic heterocycles. The fourth-order valence-corrected chi connectivity index (χ4v) is 7.35. The van der Waals surface area contributed by atoms with Crippen LogP contribution in [0.3, 0.4) is 0 Å². The van der Waals surface area contributed by atoms with Gasteiger partial charge in [-0.05, 0) is 64.2 Å². The largest absolute Gasteiger partial charge is 0.544 e. The van der Waals surface area contributed by atoms with Crippen LogP contribution in [0.4, 0.5) is 0 Å². The maximum Gasteiger partial charge on any atom is 0.306 e. The molecular formula is C52H95NO7. The second kappa shape index (κ2) is 43.2. The maximum absolute atomic E-state index is 12.8. The highest BCUT2D eigenvalue weighted by Gasteiger charge is 2.25. The molecule has 0 aromatic carbocycles. The summed E-state index contributed by atoms with van der Waals surface area (Å²) in [5, 5.41) is 11.6. The first kappa shape index (κ1) is 57.5. The van der Waals surface area contributed by atoms with Gasteiger partial charge in [-0.15, -0.1) is 0 Å². The van der Waals surface area contributed by atoms with Crippen molar-refractivity contribution < 1.29 is 38.2 Å². The van der Waals surface area contributed by atoms with Crippen LogP contribution in [-0.2, 0) is 28.6 Å². The Labute approximate surface area is 370 Å². The summed E-state index contributed by atoms with van der Waals surface area (Å²) in [6, 6.07) is -0.730. The average molecular weight is 846 g/mol. The van der Waals surface area contributed by atoms with Gasteiger partial charge in [-0.25, -0.2) is 0 Å². The molecule has 0 aromatic rings. The molecule has 8 nitrogen and oxygen atoms in total. The minimum atomic E-state index is -1.13. The van der Waals surface area contributed by atoms with E-state index >= 15 is 0 Å². The Balaban J connectivity index is 4.30. The number of allylic oxidation sites excluding steroid dienone is 6. The van der Waals surface area contributed by atoms with Gasteiger partial charge in [0.05, 0.1) is 40.3 Å². The smallest absolute Gasteiger partial charge is 0.306 e. The van der Waals surface area contributed by atoms with Crippen LogP contribution in [-0.4, -0.2) is 75.5 Å². The minimum absolute atomic E-state index is 0.0319. The topological polar surface area (TPSA) is 102 Å². The predicted octanol–water partition coefficient (Wildman–Crippen LogP) is 12.9. The number of likely N-dealkylation sites (N-methyl/N-ethyl adjacent to an activating group) is 1. The van der Waals surface area contributed by atoms with E-state index in [9.17, 15) is 19.5 Å². The first-order valence-corrected chi connectivity index (χ1v) is 25.0. The van der Waals surface area contributed by atoms with Crippen molar-refractivity contribution in [1.82, 2.24) is 0 Å². The van der Waals surface area contributed by atoms with Crippen LogP contribution in [0.25, 0.3) is 0 Å². The van der Waals surface area contributed by atoms with E-state index < -0.39 is 18.1 Å². The predicted molar refractivity (Wildman–Crippen MR) is 250 cm³/mol.